The van der Waals surface area contributed by atoms with E-state index >= 15 is 0 Å². The summed E-state index contributed by atoms with van der Waals surface area (Å²) in [6, 6.07) is 7.90. The molecular formula is C26H40N4O4Si. The van der Waals surface area contributed by atoms with Gasteiger partial charge in [-0.3, -0.25) is 10.1 Å². The number of nitrogens with zero attached hydrogens (tertiary/aromatic N) is 3. The molecule has 8 nitrogen and oxygen atoms in total. The zero-order valence-corrected chi connectivity index (χ0v) is 23.2. The van der Waals surface area contributed by atoms with E-state index in [9.17, 15) is 10.1 Å². The number of benzene rings is 1. The Hall–Kier alpha value is -2.68. The highest BCUT2D eigenvalue weighted by atomic mass is 28.3. The average Bonchev–Trinajstić information content (AvgIpc) is 3.20. The minimum atomic E-state index is -1.84. The van der Waals surface area contributed by atoms with Crippen molar-refractivity contribution in [2.75, 3.05) is 13.2 Å². The van der Waals surface area contributed by atoms with E-state index in [1.54, 1.807) is 12.1 Å². The number of nitro groups is 1. The number of ether oxygens (including phenoxy) is 2. The molecule has 2 aromatic rings. The minimum Gasteiger partial charge on any atom is -0.480 e. The summed E-state index contributed by atoms with van der Waals surface area (Å²) < 4.78 is 11.9. The average molecular weight is 501 g/mol. The second-order valence-corrected chi connectivity index (χ2v) is 14.7. The molecule has 2 heterocycles. The van der Waals surface area contributed by atoms with E-state index in [0.29, 0.717) is 31.4 Å². The van der Waals surface area contributed by atoms with Crippen molar-refractivity contribution in [2.24, 2.45) is 15.9 Å². The van der Waals surface area contributed by atoms with Crippen molar-refractivity contribution in [1.82, 2.24) is 4.98 Å². The monoisotopic (exact) mass is 500 g/mol. The number of nitrogens with one attached hydrogen (secondary N) is 1. The van der Waals surface area contributed by atoms with Gasteiger partial charge >= 0.3 is 0 Å². The summed E-state index contributed by atoms with van der Waals surface area (Å²) in [5.41, 5.74) is 2.15. The first-order valence-corrected chi connectivity index (χ1v) is 15.6. The number of rotatable bonds is 10. The molecule has 0 fully saturated rings. The molecule has 0 unspecified atom stereocenters. The van der Waals surface area contributed by atoms with Gasteiger partial charge in [0.1, 0.15) is 20.2 Å². The topological polar surface area (TPSA) is 102 Å². The van der Waals surface area contributed by atoms with E-state index in [4.69, 9.17) is 19.5 Å². The van der Waals surface area contributed by atoms with E-state index in [1.165, 1.54) is 5.32 Å². The molecule has 1 aromatic heterocycles. The third kappa shape index (κ3) is 5.29. The maximum Gasteiger partial charge on any atom is 0.270 e. The predicted octanol–water partition coefficient (Wildman–Crippen LogP) is 5.61. The van der Waals surface area contributed by atoms with Gasteiger partial charge in [0.2, 0.25) is 11.8 Å². The Morgan fingerprint density at radius 2 is 1.66 bits per heavy atom. The summed E-state index contributed by atoms with van der Waals surface area (Å²) in [6.45, 7) is 15.9. The molecule has 9 heteroatoms. The van der Waals surface area contributed by atoms with Crippen molar-refractivity contribution in [1.29, 1.82) is 0 Å². The Morgan fingerprint density at radius 3 is 2.20 bits per heavy atom. The van der Waals surface area contributed by atoms with Gasteiger partial charge in [0.25, 0.3) is 5.69 Å². The summed E-state index contributed by atoms with van der Waals surface area (Å²) >= 11 is 0. The van der Waals surface area contributed by atoms with E-state index in [2.05, 4.69) is 39.6 Å². The summed E-state index contributed by atoms with van der Waals surface area (Å²) in [4.78, 5) is 24.9. The highest BCUT2D eigenvalue weighted by Gasteiger charge is 2.37. The predicted molar refractivity (Wildman–Crippen MR) is 146 cm³/mol. The summed E-state index contributed by atoms with van der Waals surface area (Å²) in [7, 11) is -1.84. The molecule has 0 saturated carbocycles. The second-order valence-electron chi connectivity index (χ2n) is 9.52. The van der Waals surface area contributed by atoms with Crippen molar-refractivity contribution in [3.8, 4) is 0 Å². The smallest absolute Gasteiger partial charge is 0.270 e. The molecule has 2 atom stereocenters. The van der Waals surface area contributed by atoms with Gasteiger partial charge in [-0.25, -0.2) is 9.98 Å². The molecule has 0 saturated heterocycles. The molecule has 1 aromatic carbocycles. The Balaban J connectivity index is 2.21. The fraction of sp³-hybridized carbons (Fsp3) is 0.615. The lowest BCUT2D eigenvalue weighted by Gasteiger charge is -2.31. The highest BCUT2D eigenvalue weighted by molar-refractivity contribution is 6.91. The molecule has 3 rings (SSSR count). The number of H-pyrrole nitrogens is 1. The summed E-state index contributed by atoms with van der Waals surface area (Å²) in [5.74, 6) is 1.49. The Bertz CT molecular complexity index is 1100. The van der Waals surface area contributed by atoms with Gasteiger partial charge in [0, 0.05) is 34.8 Å². The number of aromatic nitrogens is 1. The van der Waals surface area contributed by atoms with Crippen LogP contribution in [0.1, 0.15) is 54.0 Å². The van der Waals surface area contributed by atoms with Crippen molar-refractivity contribution >= 4 is 41.8 Å². The molecule has 1 aliphatic heterocycles. The van der Waals surface area contributed by atoms with E-state index in [1.807, 2.05) is 19.9 Å². The van der Waals surface area contributed by atoms with Crippen LogP contribution in [0.3, 0.4) is 0 Å². The van der Waals surface area contributed by atoms with E-state index < -0.39 is 8.07 Å². The molecule has 0 bridgehead atoms. The summed E-state index contributed by atoms with van der Waals surface area (Å²) in [5, 5.41) is 13.8. The van der Waals surface area contributed by atoms with Gasteiger partial charge in [-0.2, -0.15) is 0 Å². The molecule has 0 spiro atoms. The van der Waals surface area contributed by atoms with Crippen LogP contribution in [0.4, 0.5) is 5.69 Å². The lowest BCUT2D eigenvalue weighted by atomic mass is 10.00. The van der Waals surface area contributed by atoms with Gasteiger partial charge in [-0.05, 0) is 31.4 Å². The van der Waals surface area contributed by atoms with Crippen LogP contribution in [0, 0.1) is 16.0 Å². The molecule has 35 heavy (non-hydrogen) atoms. The fourth-order valence-corrected chi connectivity index (χ4v) is 9.01. The SMILES string of the molecule is CCOC1=N[C@H](Cc2c([Si](CC)(CC)CC)[nH]c3ccc([N+](=O)[O-])cc23)C(OCC)=N[C@H]1C(C)C. The molecule has 192 valence electrons. The van der Waals surface area contributed by atoms with Crippen LogP contribution in [-0.4, -0.2) is 55.1 Å². The standard InChI is InChI=1S/C26H40N4O4Si/c1-8-33-24-22(27-25(34-9-2)23(29-24)17(6)7)16-20-19-15-18(30(31)32)13-14-21(19)28-26(20)35(10-3,11-4)12-5/h13-15,17,22-23,28H,8-12,16H2,1-7H3/t22-,23+/m1/s1. The highest BCUT2D eigenvalue weighted by Crippen LogP contribution is 2.31. The van der Waals surface area contributed by atoms with Crippen molar-refractivity contribution in [2.45, 2.75) is 85.1 Å². The van der Waals surface area contributed by atoms with Gasteiger partial charge in [0.05, 0.1) is 18.1 Å². The molecule has 1 N–H and O–H groups in total. The van der Waals surface area contributed by atoms with Crippen molar-refractivity contribution < 1.29 is 14.4 Å². The van der Waals surface area contributed by atoms with Crippen LogP contribution < -0.4 is 5.32 Å². The lowest BCUT2D eigenvalue weighted by Crippen LogP contribution is -2.49. The number of hydrogen-bond acceptors (Lipinski definition) is 6. The van der Waals surface area contributed by atoms with Crippen molar-refractivity contribution in [3.05, 3.63) is 33.9 Å². The molecule has 0 amide bonds. The van der Waals surface area contributed by atoms with E-state index in [-0.39, 0.29) is 28.6 Å². The zero-order chi connectivity index (χ0) is 25.8. The Kier molecular flexibility index (Phi) is 8.74. The Labute approximate surface area is 209 Å². The van der Waals surface area contributed by atoms with Crippen LogP contribution >= 0.6 is 0 Å². The number of aliphatic imine (C=N–C) groups is 2. The summed E-state index contributed by atoms with van der Waals surface area (Å²) in [6.07, 6.45) is 0.561. The van der Waals surface area contributed by atoms with Crippen LogP contribution in [0.25, 0.3) is 10.9 Å². The number of aromatic amines is 1. The maximum absolute atomic E-state index is 11.6. The largest absolute Gasteiger partial charge is 0.480 e. The second kappa shape index (κ2) is 11.4. The first-order chi connectivity index (χ1) is 16.7. The quantitative estimate of drug-likeness (QED) is 0.260. The molecular weight excluding hydrogens is 460 g/mol. The molecule has 0 aliphatic carbocycles. The van der Waals surface area contributed by atoms with Crippen LogP contribution in [0.5, 0.6) is 0 Å². The Morgan fingerprint density at radius 1 is 1.03 bits per heavy atom. The van der Waals surface area contributed by atoms with Gasteiger partial charge < -0.3 is 14.5 Å². The molecule has 0 radical (unpaired) electrons. The maximum atomic E-state index is 11.6. The van der Waals surface area contributed by atoms with Gasteiger partial charge in [-0.15, -0.1) is 0 Å². The first kappa shape index (κ1) is 26.9. The van der Waals surface area contributed by atoms with Crippen LogP contribution in [-0.2, 0) is 15.9 Å². The fourth-order valence-electron chi connectivity index (χ4n) is 5.17. The third-order valence-electron chi connectivity index (χ3n) is 7.36. The van der Waals surface area contributed by atoms with Crippen LogP contribution in [0.2, 0.25) is 18.1 Å². The number of nitro benzene ring substituents is 1. The number of hydrogen-bond donors (Lipinski definition) is 1. The van der Waals surface area contributed by atoms with E-state index in [0.717, 1.165) is 34.6 Å². The number of non-ortho nitro benzene ring substituents is 1. The lowest BCUT2D eigenvalue weighted by molar-refractivity contribution is -0.384. The number of fused-ring (bicyclic) bond motifs is 1. The third-order valence-corrected chi connectivity index (χ3v) is 12.9. The zero-order valence-electron chi connectivity index (χ0n) is 22.2. The minimum absolute atomic E-state index is 0.0989. The molecule has 1 aliphatic rings. The van der Waals surface area contributed by atoms with Gasteiger partial charge in [-0.1, -0.05) is 52.8 Å². The van der Waals surface area contributed by atoms with Crippen molar-refractivity contribution in [3.63, 3.8) is 0 Å². The normalized spacial score (nSPS) is 18.5. The van der Waals surface area contributed by atoms with Gasteiger partial charge in [0.15, 0.2) is 0 Å². The van der Waals surface area contributed by atoms with Crippen LogP contribution in [0.15, 0.2) is 28.2 Å². The first-order valence-electron chi connectivity index (χ1n) is 12.9.